The summed E-state index contributed by atoms with van der Waals surface area (Å²) < 4.78 is 0. The molecule has 0 unspecified atom stereocenters. The van der Waals surface area contributed by atoms with E-state index >= 15 is 0 Å². The Kier molecular flexibility index (Phi) is 9.14. The molecule has 0 nitrogen and oxygen atoms in total. The first-order valence-electron chi connectivity index (χ1n) is 4.34. The van der Waals surface area contributed by atoms with Crippen molar-refractivity contribution < 1.29 is 17.9 Å². The Morgan fingerprint density at radius 2 is 2.08 bits per heavy atom. The van der Waals surface area contributed by atoms with Crippen LogP contribution in [0.1, 0.15) is 19.8 Å². The average Bonchev–Trinajstić information content (AvgIpc) is 2.81. The second-order valence-electron chi connectivity index (χ2n) is 2.50. The molecule has 66 valence electrons. The van der Waals surface area contributed by atoms with Crippen molar-refractivity contribution in [3.8, 4) is 0 Å². The van der Waals surface area contributed by atoms with E-state index in [0.29, 0.717) is 0 Å². The van der Waals surface area contributed by atoms with Gasteiger partial charge in [-0.05, 0) is 0 Å². The molecular formula is C12H14Zn-2. The fourth-order valence-corrected chi connectivity index (χ4v) is 0.839. The number of allylic oxidation sites excluding steroid dienone is 8. The van der Waals surface area contributed by atoms with Gasteiger partial charge in [-0.15, -0.1) is 19.8 Å². The van der Waals surface area contributed by atoms with Crippen LogP contribution in [0.3, 0.4) is 0 Å². The van der Waals surface area contributed by atoms with Crippen LogP contribution in [-0.4, -0.2) is 5.11 Å². The van der Waals surface area contributed by atoms with Gasteiger partial charge in [0.25, 0.3) is 0 Å². The number of hydrogen-bond acceptors (Lipinski definition) is 0. The van der Waals surface area contributed by atoms with Gasteiger partial charge in [-0.3, -0.25) is 12.2 Å². The average molecular weight is 224 g/mol. The van der Waals surface area contributed by atoms with Gasteiger partial charge in [-0.25, -0.2) is 23.8 Å². The number of hydrogen-bond donors (Lipinski definition) is 0. The first-order chi connectivity index (χ1) is 6.39. The monoisotopic (exact) mass is 222 g/mol. The molecule has 0 aromatic carbocycles. The van der Waals surface area contributed by atoms with Gasteiger partial charge < -0.3 is 0 Å². The topological polar surface area (TPSA) is 0 Å². The molecule has 0 fully saturated rings. The second-order valence-corrected chi connectivity index (χ2v) is 2.50. The van der Waals surface area contributed by atoms with Gasteiger partial charge in [0.15, 0.2) is 0 Å². The Bertz CT molecular complexity index is 219. The molecule has 13 heavy (non-hydrogen) atoms. The summed E-state index contributed by atoms with van der Waals surface area (Å²) in [7, 11) is 0. The van der Waals surface area contributed by atoms with Crippen LogP contribution in [0.4, 0.5) is 0 Å². The van der Waals surface area contributed by atoms with Crippen LogP contribution >= 0.6 is 0 Å². The van der Waals surface area contributed by atoms with Crippen LogP contribution in [0.25, 0.3) is 0 Å². The van der Waals surface area contributed by atoms with E-state index in [2.05, 4.69) is 36.3 Å². The fourth-order valence-electron chi connectivity index (χ4n) is 0.839. The van der Waals surface area contributed by atoms with Gasteiger partial charge in [0.2, 0.25) is 0 Å². The molecule has 2 aliphatic rings. The summed E-state index contributed by atoms with van der Waals surface area (Å²) in [6.45, 7) is 2.08. The Morgan fingerprint density at radius 1 is 1.31 bits per heavy atom. The summed E-state index contributed by atoms with van der Waals surface area (Å²) >= 11 is 1.12. The van der Waals surface area contributed by atoms with E-state index in [9.17, 15) is 0 Å². The third kappa shape index (κ3) is 7.80. The van der Waals surface area contributed by atoms with Gasteiger partial charge >= 0.3 is 23.0 Å². The Hall–Kier alpha value is -0.547. The summed E-state index contributed by atoms with van der Waals surface area (Å²) in [5.74, 6) is 0. The predicted molar refractivity (Wildman–Crippen MR) is 54.9 cm³/mol. The van der Waals surface area contributed by atoms with Gasteiger partial charge in [-0.1, -0.05) is 0 Å². The summed E-state index contributed by atoms with van der Waals surface area (Å²) in [4.78, 5) is 0. The summed E-state index contributed by atoms with van der Waals surface area (Å²) in [6, 6.07) is 0. The van der Waals surface area contributed by atoms with Crippen molar-refractivity contribution >= 4 is 5.11 Å². The van der Waals surface area contributed by atoms with Crippen molar-refractivity contribution in [1.82, 2.24) is 0 Å². The van der Waals surface area contributed by atoms with E-state index < -0.39 is 0 Å². The Balaban J connectivity index is 0.000000189. The molecule has 0 aromatic rings. The van der Waals surface area contributed by atoms with Crippen LogP contribution < -0.4 is 0 Å². The molecule has 1 heteroatoms. The van der Waals surface area contributed by atoms with Crippen LogP contribution in [0.2, 0.25) is 0 Å². The maximum absolute atomic E-state index is 3.38. The molecule has 0 amide bonds. The van der Waals surface area contributed by atoms with Crippen molar-refractivity contribution in [1.29, 1.82) is 0 Å². The zero-order valence-electron chi connectivity index (χ0n) is 8.22. The van der Waals surface area contributed by atoms with E-state index in [1.807, 2.05) is 18.2 Å². The molecule has 2 aliphatic carbocycles. The van der Waals surface area contributed by atoms with E-state index in [4.69, 9.17) is 0 Å². The molecule has 0 bridgehead atoms. The van der Waals surface area contributed by atoms with Crippen molar-refractivity contribution in [3.05, 3.63) is 48.1 Å². The van der Waals surface area contributed by atoms with Crippen molar-refractivity contribution in [2.45, 2.75) is 19.8 Å². The van der Waals surface area contributed by atoms with E-state index in [1.165, 1.54) is 5.57 Å². The quantitative estimate of drug-likeness (QED) is 0.438. The molecule has 0 N–H and O–H groups in total. The van der Waals surface area contributed by atoms with Crippen LogP contribution in [0.15, 0.2) is 36.0 Å². The fraction of sp³-hybridized carbons (Fsp3) is 0.250. The van der Waals surface area contributed by atoms with Crippen LogP contribution in [-0.2, 0) is 17.9 Å². The SMILES string of the molecule is CC1=CC[C-]=C1.[C-]1=CC=CC1.[CH2]=[Zn]. The Morgan fingerprint density at radius 3 is 2.23 bits per heavy atom. The zero-order chi connectivity index (χ0) is 9.94. The molecule has 0 heterocycles. The van der Waals surface area contributed by atoms with Gasteiger partial charge in [0, 0.05) is 0 Å². The minimum atomic E-state index is 1.01. The third-order valence-corrected chi connectivity index (χ3v) is 1.46. The molecule has 0 radical (unpaired) electrons. The van der Waals surface area contributed by atoms with E-state index in [0.717, 1.165) is 30.7 Å². The first kappa shape index (κ1) is 12.5. The second kappa shape index (κ2) is 9.54. The van der Waals surface area contributed by atoms with Gasteiger partial charge in [0.1, 0.15) is 0 Å². The maximum atomic E-state index is 3.38. The van der Waals surface area contributed by atoms with Crippen LogP contribution in [0.5, 0.6) is 0 Å². The summed E-state index contributed by atoms with van der Waals surface area (Å²) in [5.41, 5.74) is 1.34. The van der Waals surface area contributed by atoms with Crippen LogP contribution in [0, 0.1) is 12.2 Å². The minimum absolute atomic E-state index is 1.01. The molecule has 0 saturated carbocycles. The number of rotatable bonds is 0. The molecule has 0 aliphatic heterocycles. The molecule has 0 aromatic heterocycles. The molecule has 0 saturated heterocycles. The first-order valence-corrected chi connectivity index (χ1v) is 6.44. The Labute approximate surface area is 90.9 Å². The van der Waals surface area contributed by atoms with Crippen molar-refractivity contribution in [2.75, 3.05) is 0 Å². The van der Waals surface area contributed by atoms with Crippen molar-refractivity contribution in [3.63, 3.8) is 0 Å². The molecule has 0 spiro atoms. The third-order valence-electron chi connectivity index (χ3n) is 1.46. The summed E-state index contributed by atoms with van der Waals surface area (Å²) in [6.07, 6.45) is 18.2. The standard InChI is InChI=1S/C6H7.C5H5.CH2.Zn/c1-6-4-2-3-5-6;1-2-4-5-3-1;;/h4-5H,2H2,1H3;1-3H,4H2;1H2;/q2*-1;;. The molecule has 0 atom stereocenters. The molecule has 2 rings (SSSR count). The van der Waals surface area contributed by atoms with E-state index in [1.54, 1.807) is 0 Å². The molecular weight excluding hydrogens is 210 g/mol. The van der Waals surface area contributed by atoms with Crippen molar-refractivity contribution in [2.24, 2.45) is 0 Å². The van der Waals surface area contributed by atoms with Gasteiger partial charge in [0.05, 0.1) is 0 Å². The van der Waals surface area contributed by atoms with E-state index in [-0.39, 0.29) is 0 Å². The van der Waals surface area contributed by atoms with Gasteiger partial charge in [-0.2, -0.15) is 12.2 Å². The normalized spacial score (nSPS) is 15.8. The summed E-state index contributed by atoms with van der Waals surface area (Å²) in [5, 5.41) is 3.38. The predicted octanol–water partition coefficient (Wildman–Crippen LogP) is 2.97. The zero-order valence-corrected chi connectivity index (χ0v) is 11.2.